The molecule has 0 aliphatic heterocycles. The lowest BCUT2D eigenvalue weighted by Gasteiger charge is -2.16. The van der Waals surface area contributed by atoms with E-state index in [9.17, 15) is 14.0 Å². The van der Waals surface area contributed by atoms with Crippen LogP contribution in [0.4, 0.5) is 4.39 Å². The van der Waals surface area contributed by atoms with E-state index in [-0.39, 0.29) is 29.8 Å². The van der Waals surface area contributed by atoms with Gasteiger partial charge in [-0.05, 0) is 31.2 Å². The molecule has 1 atom stereocenters. The monoisotopic (exact) mass is 253 g/mol. The third-order valence-electron chi connectivity index (χ3n) is 3.19. The number of aromatic nitrogens is 1. The number of carbonyl (C=O) groups excluding carboxylic acids is 1. The number of pyridine rings is 1. The summed E-state index contributed by atoms with van der Waals surface area (Å²) < 4.78 is 18.6. The molecule has 1 unspecified atom stereocenters. The van der Waals surface area contributed by atoms with Gasteiger partial charge in [0.1, 0.15) is 5.82 Å². The van der Waals surface area contributed by atoms with Crippen LogP contribution in [0.2, 0.25) is 0 Å². The number of halogens is 1. The average molecular weight is 253 g/mol. The molecule has 1 heterocycles. The topological polar surface area (TPSA) is 59.2 Å². The predicted octanol–water partition coefficient (Wildman–Crippen LogP) is 1.96. The van der Waals surface area contributed by atoms with Gasteiger partial charge in [-0.1, -0.05) is 0 Å². The lowest BCUT2D eigenvalue weighted by atomic mass is 9.91. The SMILES string of the molecule is CCOC(=O)CC(c1cc(=O)[nH]cc1F)C1CC1. The summed E-state index contributed by atoms with van der Waals surface area (Å²) in [5.41, 5.74) is -0.0183. The van der Waals surface area contributed by atoms with E-state index in [1.807, 2.05) is 0 Å². The number of rotatable bonds is 5. The molecule has 0 radical (unpaired) electrons. The van der Waals surface area contributed by atoms with Crippen molar-refractivity contribution in [3.05, 3.63) is 34.0 Å². The maximum Gasteiger partial charge on any atom is 0.306 e. The molecule has 1 saturated carbocycles. The van der Waals surface area contributed by atoms with Gasteiger partial charge >= 0.3 is 5.97 Å². The Balaban J connectivity index is 2.21. The third kappa shape index (κ3) is 2.97. The van der Waals surface area contributed by atoms with Crippen LogP contribution in [-0.4, -0.2) is 17.6 Å². The number of aromatic amines is 1. The zero-order chi connectivity index (χ0) is 13.1. The highest BCUT2D eigenvalue weighted by Crippen LogP contribution is 2.44. The van der Waals surface area contributed by atoms with Crippen molar-refractivity contribution in [2.75, 3.05) is 6.61 Å². The predicted molar refractivity (Wildman–Crippen MR) is 63.7 cm³/mol. The van der Waals surface area contributed by atoms with Crippen molar-refractivity contribution in [3.63, 3.8) is 0 Å². The first-order valence-corrected chi connectivity index (χ1v) is 6.15. The van der Waals surface area contributed by atoms with Crippen molar-refractivity contribution in [2.45, 2.75) is 32.1 Å². The molecule has 5 heteroatoms. The minimum atomic E-state index is -0.462. The lowest BCUT2D eigenvalue weighted by molar-refractivity contribution is -0.143. The number of carbonyl (C=O) groups is 1. The van der Waals surface area contributed by atoms with Crippen molar-refractivity contribution in [3.8, 4) is 0 Å². The van der Waals surface area contributed by atoms with Gasteiger partial charge in [-0.2, -0.15) is 0 Å². The van der Waals surface area contributed by atoms with E-state index in [0.717, 1.165) is 19.0 Å². The molecule has 18 heavy (non-hydrogen) atoms. The summed E-state index contributed by atoms with van der Waals surface area (Å²) in [6.45, 7) is 2.05. The van der Waals surface area contributed by atoms with Crippen LogP contribution < -0.4 is 5.56 Å². The van der Waals surface area contributed by atoms with E-state index in [4.69, 9.17) is 4.74 Å². The summed E-state index contributed by atoms with van der Waals surface area (Å²) in [5, 5.41) is 0. The first-order valence-electron chi connectivity index (χ1n) is 6.15. The second kappa shape index (κ2) is 5.33. The molecule has 1 N–H and O–H groups in total. The molecule has 98 valence electrons. The van der Waals surface area contributed by atoms with Crippen LogP contribution in [0.25, 0.3) is 0 Å². The first-order chi connectivity index (χ1) is 8.61. The fourth-order valence-electron chi connectivity index (χ4n) is 2.18. The van der Waals surface area contributed by atoms with Gasteiger partial charge in [-0.3, -0.25) is 9.59 Å². The zero-order valence-electron chi connectivity index (χ0n) is 10.2. The van der Waals surface area contributed by atoms with Gasteiger partial charge in [0.2, 0.25) is 5.56 Å². The van der Waals surface area contributed by atoms with E-state index < -0.39 is 5.82 Å². The van der Waals surface area contributed by atoms with E-state index >= 15 is 0 Å². The quantitative estimate of drug-likeness (QED) is 0.816. The third-order valence-corrected chi connectivity index (χ3v) is 3.19. The van der Waals surface area contributed by atoms with Gasteiger partial charge in [-0.25, -0.2) is 4.39 Å². The summed E-state index contributed by atoms with van der Waals surface area (Å²) in [6.07, 6.45) is 3.13. The van der Waals surface area contributed by atoms with Gasteiger partial charge in [0, 0.05) is 18.2 Å². The Labute approximate surface area is 104 Å². The molecule has 0 bridgehead atoms. The standard InChI is InChI=1S/C13H16FNO3/c1-2-18-13(17)6-9(8-3-4-8)10-5-12(16)15-7-11(10)14/h5,7-9H,2-4,6H2,1H3,(H,15,16). The van der Waals surface area contributed by atoms with Gasteiger partial charge in [-0.15, -0.1) is 0 Å². The summed E-state index contributed by atoms with van der Waals surface area (Å²) in [7, 11) is 0. The molecule has 2 rings (SSSR count). The van der Waals surface area contributed by atoms with Crippen LogP contribution in [-0.2, 0) is 9.53 Å². The van der Waals surface area contributed by atoms with Crippen LogP contribution >= 0.6 is 0 Å². The Morgan fingerprint density at radius 1 is 1.61 bits per heavy atom. The largest absolute Gasteiger partial charge is 0.466 e. The maximum absolute atomic E-state index is 13.7. The number of hydrogen-bond donors (Lipinski definition) is 1. The lowest BCUT2D eigenvalue weighted by Crippen LogP contribution is -2.16. The molecule has 1 aliphatic rings. The summed E-state index contributed by atoms with van der Waals surface area (Å²) >= 11 is 0. The van der Waals surface area contributed by atoms with Gasteiger partial charge < -0.3 is 9.72 Å². The number of ether oxygens (including phenoxy) is 1. The van der Waals surface area contributed by atoms with Gasteiger partial charge in [0.05, 0.1) is 13.0 Å². The van der Waals surface area contributed by atoms with E-state index in [0.29, 0.717) is 12.2 Å². The van der Waals surface area contributed by atoms with Crippen molar-refractivity contribution in [1.29, 1.82) is 0 Å². The van der Waals surface area contributed by atoms with Crippen molar-refractivity contribution >= 4 is 5.97 Å². The minimum Gasteiger partial charge on any atom is -0.466 e. The Morgan fingerprint density at radius 3 is 2.94 bits per heavy atom. The number of esters is 1. The molecule has 0 spiro atoms. The van der Waals surface area contributed by atoms with Crippen LogP contribution in [0.15, 0.2) is 17.1 Å². The van der Waals surface area contributed by atoms with Crippen LogP contribution in [0.3, 0.4) is 0 Å². The van der Waals surface area contributed by atoms with E-state index in [1.54, 1.807) is 6.92 Å². The Bertz CT molecular complexity index is 493. The average Bonchev–Trinajstić information content (AvgIpc) is 3.14. The highest BCUT2D eigenvalue weighted by atomic mass is 19.1. The zero-order valence-corrected chi connectivity index (χ0v) is 10.2. The number of hydrogen-bond acceptors (Lipinski definition) is 3. The number of nitrogens with one attached hydrogen (secondary N) is 1. The van der Waals surface area contributed by atoms with Crippen LogP contribution in [0.5, 0.6) is 0 Å². The molecular weight excluding hydrogens is 237 g/mol. The molecule has 1 aromatic heterocycles. The van der Waals surface area contributed by atoms with Crippen molar-refractivity contribution in [1.82, 2.24) is 4.98 Å². The summed E-state index contributed by atoms with van der Waals surface area (Å²) in [4.78, 5) is 25.1. The van der Waals surface area contributed by atoms with Crippen molar-refractivity contribution in [2.24, 2.45) is 5.92 Å². The Morgan fingerprint density at radius 2 is 2.33 bits per heavy atom. The first kappa shape index (κ1) is 12.8. The van der Waals surface area contributed by atoms with Gasteiger partial charge in [0.15, 0.2) is 0 Å². The molecule has 0 amide bonds. The normalized spacial score (nSPS) is 16.3. The van der Waals surface area contributed by atoms with Gasteiger partial charge in [0.25, 0.3) is 0 Å². The minimum absolute atomic E-state index is 0.138. The second-order valence-corrected chi connectivity index (χ2v) is 4.55. The maximum atomic E-state index is 13.7. The molecule has 1 aromatic rings. The van der Waals surface area contributed by atoms with E-state index in [1.165, 1.54) is 6.07 Å². The van der Waals surface area contributed by atoms with Crippen LogP contribution in [0, 0.1) is 11.7 Å². The molecule has 0 saturated heterocycles. The smallest absolute Gasteiger partial charge is 0.306 e. The molecule has 0 aromatic carbocycles. The number of H-pyrrole nitrogens is 1. The fraction of sp³-hybridized carbons (Fsp3) is 0.538. The fourth-order valence-corrected chi connectivity index (χ4v) is 2.18. The highest BCUT2D eigenvalue weighted by Gasteiger charge is 2.35. The second-order valence-electron chi connectivity index (χ2n) is 4.55. The molecule has 1 fully saturated rings. The molecular formula is C13H16FNO3. The molecule has 4 nitrogen and oxygen atoms in total. The Hall–Kier alpha value is -1.65. The van der Waals surface area contributed by atoms with E-state index in [2.05, 4.69) is 4.98 Å². The molecule has 1 aliphatic carbocycles. The van der Waals surface area contributed by atoms with Crippen molar-refractivity contribution < 1.29 is 13.9 Å². The summed E-state index contributed by atoms with van der Waals surface area (Å²) in [5.74, 6) is -0.762. The highest BCUT2D eigenvalue weighted by molar-refractivity contribution is 5.70. The Kier molecular flexibility index (Phi) is 3.79. The van der Waals surface area contributed by atoms with Crippen LogP contribution in [0.1, 0.15) is 37.7 Å². The summed E-state index contributed by atoms with van der Waals surface area (Å²) in [6, 6.07) is 1.25.